The zero-order chi connectivity index (χ0) is 15.3. The van der Waals surface area contributed by atoms with Crippen LogP contribution in [-0.2, 0) is 9.47 Å². The fraction of sp³-hybridized carbons (Fsp3) is 0.611. The number of hydrogen-bond donors (Lipinski definition) is 1. The Hall–Kier alpha value is -1.39. The molecule has 0 aromatic heterocycles. The molecule has 4 heteroatoms. The van der Waals surface area contributed by atoms with Crippen molar-refractivity contribution in [2.45, 2.75) is 50.9 Å². The Morgan fingerprint density at radius 2 is 2.32 bits per heavy atom. The van der Waals surface area contributed by atoms with Crippen molar-refractivity contribution in [2.75, 3.05) is 7.11 Å². The molecule has 4 nitrogen and oxygen atoms in total. The first-order valence-corrected chi connectivity index (χ1v) is 8.23. The summed E-state index contributed by atoms with van der Waals surface area (Å²) in [5.41, 5.74) is 2.32. The van der Waals surface area contributed by atoms with Crippen LogP contribution in [0.1, 0.15) is 32.6 Å². The summed E-state index contributed by atoms with van der Waals surface area (Å²) in [4.78, 5) is 4.93. The average molecular weight is 301 g/mol. The molecule has 118 valence electrons. The second kappa shape index (κ2) is 5.07. The molecule has 5 atom stereocenters. The highest BCUT2D eigenvalue weighted by atomic mass is 16.5. The Morgan fingerprint density at radius 3 is 3.09 bits per heavy atom. The van der Waals surface area contributed by atoms with E-state index in [-0.39, 0.29) is 23.5 Å². The molecule has 1 spiro atoms. The van der Waals surface area contributed by atoms with Crippen LogP contribution in [0.25, 0.3) is 0 Å². The Balaban J connectivity index is 1.85. The summed E-state index contributed by atoms with van der Waals surface area (Å²) < 4.78 is 11.9. The lowest BCUT2D eigenvalue weighted by Crippen LogP contribution is -2.40. The second-order valence-electron chi connectivity index (χ2n) is 6.69. The lowest BCUT2D eigenvalue weighted by Gasteiger charge is -2.39. The predicted octanol–water partition coefficient (Wildman–Crippen LogP) is 2.75. The number of allylic oxidation sites excluding steroid dienone is 2. The molecule has 0 aromatic rings. The zero-order valence-corrected chi connectivity index (χ0v) is 13.2. The minimum absolute atomic E-state index is 0.0361. The van der Waals surface area contributed by atoms with Gasteiger partial charge in [-0.05, 0) is 31.4 Å². The van der Waals surface area contributed by atoms with Gasteiger partial charge in [-0.3, -0.25) is 4.99 Å². The van der Waals surface area contributed by atoms with Gasteiger partial charge in [-0.2, -0.15) is 0 Å². The first kappa shape index (κ1) is 14.2. The van der Waals surface area contributed by atoms with Gasteiger partial charge in [-0.15, -0.1) is 0 Å². The fourth-order valence-electron chi connectivity index (χ4n) is 4.51. The molecule has 0 aromatic carbocycles. The van der Waals surface area contributed by atoms with Crippen LogP contribution in [-0.4, -0.2) is 36.2 Å². The molecule has 1 N–H and O–H groups in total. The monoisotopic (exact) mass is 301 g/mol. The van der Waals surface area contributed by atoms with Gasteiger partial charge in [0.2, 0.25) is 0 Å². The van der Waals surface area contributed by atoms with Crippen molar-refractivity contribution >= 4 is 5.71 Å². The average Bonchev–Trinajstić information content (AvgIpc) is 2.76. The molecule has 4 aliphatic rings. The van der Waals surface area contributed by atoms with Crippen LogP contribution in [0.4, 0.5) is 0 Å². The molecule has 1 saturated heterocycles. The summed E-state index contributed by atoms with van der Waals surface area (Å²) >= 11 is 0. The summed E-state index contributed by atoms with van der Waals surface area (Å²) in [6.07, 6.45) is 11.5. The minimum Gasteiger partial charge on any atom is -0.498 e. The number of aliphatic hydroxyl groups excluding tert-OH is 1. The smallest absolute Gasteiger partial charge is 0.125 e. The molecule has 2 aliphatic heterocycles. The highest BCUT2D eigenvalue weighted by Gasteiger charge is 2.59. The first-order valence-electron chi connectivity index (χ1n) is 8.23. The fourth-order valence-corrected chi connectivity index (χ4v) is 4.51. The topological polar surface area (TPSA) is 51.0 Å². The van der Waals surface area contributed by atoms with Gasteiger partial charge in [-0.25, -0.2) is 0 Å². The number of nitrogens with zero attached hydrogens (tertiary/aromatic N) is 1. The van der Waals surface area contributed by atoms with Crippen molar-refractivity contribution in [3.63, 3.8) is 0 Å². The molecular formula is C18H23NO3. The lowest BCUT2D eigenvalue weighted by atomic mass is 9.63. The molecule has 0 saturated carbocycles. The Bertz CT molecular complexity index is 603. The van der Waals surface area contributed by atoms with Crippen LogP contribution in [0.3, 0.4) is 0 Å². The van der Waals surface area contributed by atoms with E-state index in [0.29, 0.717) is 6.42 Å². The maximum absolute atomic E-state index is 10.0. The van der Waals surface area contributed by atoms with Gasteiger partial charge in [0.15, 0.2) is 0 Å². The van der Waals surface area contributed by atoms with Gasteiger partial charge >= 0.3 is 0 Å². The molecule has 2 aliphatic carbocycles. The van der Waals surface area contributed by atoms with Crippen molar-refractivity contribution in [3.05, 3.63) is 35.8 Å². The van der Waals surface area contributed by atoms with Gasteiger partial charge in [0.05, 0.1) is 19.3 Å². The summed E-state index contributed by atoms with van der Waals surface area (Å²) in [7, 11) is 1.70. The summed E-state index contributed by atoms with van der Waals surface area (Å²) in [6, 6.07) is 0. The van der Waals surface area contributed by atoms with Crippen LogP contribution >= 0.6 is 0 Å². The molecular weight excluding hydrogens is 278 g/mol. The molecule has 2 unspecified atom stereocenters. The van der Waals surface area contributed by atoms with E-state index in [9.17, 15) is 5.11 Å². The second-order valence-corrected chi connectivity index (χ2v) is 6.69. The van der Waals surface area contributed by atoms with Crippen molar-refractivity contribution in [2.24, 2.45) is 16.3 Å². The third-order valence-corrected chi connectivity index (χ3v) is 5.67. The summed E-state index contributed by atoms with van der Waals surface area (Å²) in [6.45, 7) is 2.17. The zero-order valence-electron chi connectivity index (χ0n) is 13.2. The number of methoxy groups -OCH3 is 1. The van der Waals surface area contributed by atoms with E-state index >= 15 is 0 Å². The Morgan fingerprint density at radius 1 is 1.45 bits per heavy atom. The third kappa shape index (κ3) is 1.87. The van der Waals surface area contributed by atoms with Crippen molar-refractivity contribution in [3.8, 4) is 0 Å². The van der Waals surface area contributed by atoms with Gasteiger partial charge < -0.3 is 14.6 Å². The molecule has 22 heavy (non-hydrogen) atoms. The predicted molar refractivity (Wildman–Crippen MR) is 84.5 cm³/mol. The van der Waals surface area contributed by atoms with Crippen LogP contribution in [0.5, 0.6) is 0 Å². The van der Waals surface area contributed by atoms with Crippen molar-refractivity contribution < 1.29 is 14.6 Å². The summed E-state index contributed by atoms with van der Waals surface area (Å²) in [5.74, 6) is 1.07. The SMILES string of the molecule is CCC1=NC2=CC=C(OC)C3O[C@H]4C[C@H](O)C=C[C@@]4(CC1)C23. The Labute approximate surface area is 131 Å². The van der Waals surface area contributed by atoms with Crippen LogP contribution in [0.15, 0.2) is 40.8 Å². The van der Waals surface area contributed by atoms with E-state index < -0.39 is 6.10 Å². The molecule has 2 heterocycles. The quantitative estimate of drug-likeness (QED) is 0.798. The number of aliphatic imine (C=N–C) groups is 1. The molecule has 0 radical (unpaired) electrons. The standard InChI is InChI=1S/C18H23NO3/c1-3-11-6-8-18-9-7-12(20)10-15(18)22-17-14(21-2)5-4-13(19-11)16(17)18/h4-5,7,9,12,15-17,20H,3,6,8,10H2,1-2H3/t12-,15+,16?,17?,18-/m1/s1. The third-order valence-electron chi connectivity index (χ3n) is 5.67. The summed E-state index contributed by atoms with van der Waals surface area (Å²) in [5, 5.41) is 10.0. The van der Waals surface area contributed by atoms with Gasteiger partial charge in [0, 0.05) is 29.2 Å². The normalized spacial score (nSPS) is 42.6. The van der Waals surface area contributed by atoms with Crippen LogP contribution in [0, 0.1) is 11.3 Å². The molecule has 1 fully saturated rings. The van der Waals surface area contributed by atoms with Crippen molar-refractivity contribution in [1.29, 1.82) is 0 Å². The highest BCUT2D eigenvalue weighted by molar-refractivity contribution is 5.85. The number of rotatable bonds is 2. The highest BCUT2D eigenvalue weighted by Crippen LogP contribution is 2.58. The molecule has 0 bridgehead atoms. The minimum atomic E-state index is -0.409. The van der Waals surface area contributed by atoms with Gasteiger partial charge in [0.25, 0.3) is 0 Å². The van der Waals surface area contributed by atoms with E-state index in [1.165, 1.54) is 5.71 Å². The largest absolute Gasteiger partial charge is 0.498 e. The molecule has 0 amide bonds. The first-order chi connectivity index (χ1) is 10.7. The number of aliphatic hydroxyl groups is 1. The van der Waals surface area contributed by atoms with Gasteiger partial charge in [0.1, 0.15) is 11.9 Å². The lowest BCUT2D eigenvalue weighted by molar-refractivity contribution is -0.0137. The van der Waals surface area contributed by atoms with E-state index in [1.54, 1.807) is 7.11 Å². The van der Waals surface area contributed by atoms with E-state index in [0.717, 1.165) is 30.7 Å². The molecule has 4 rings (SSSR count). The van der Waals surface area contributed by atoms with E-state index in [2.05, 4.69) is 19.1 Å². The van der Waals surface area contributed by atoms with Crippen LogP contribution in [0.2, 0.25) is 0 Å². The maximum Gasteiger partial charge on any atom is 0.125 e. The van der Waals surface area contributed by atoms with Crippen molar-refractivity contribution in [1.82, 2.24) is 0 Å². The maximum atomic E-state index is 10.0. The Kier molecular flexibility index (Phi) is 3.27. The number of ether oxygens (including phenoxy) is 2. The van der Waals surface area contributed by atoms with Gasteiger partial charge in [-0.1, -0.05) is 19.1 Å². The van der Waals surface area contributed by atoms with E-state index in [1.807, 2.05) is 12.2 Å². The van der Waals surface area contributed by atoms with Crippen LogP contribution < -0.4 is 0 Å². The van der Waals surface area contributed by atoms with E-state index in [4.69, 9.17) is 14.5 Å². The number of hydrogen-bond acceptors (Lipinski definition) is 4.